The van der Waals surface area contributed by atoms with Crippen LogP contribution < -0.4 is 5.73 Å². The first kappa shape index (κ1) is 13.5. The fourth-order valence-corrected chi connectivity index (χ4v) is 2.38. The second kappa shape index (κ2) is 4.51. The summed E-state index contributed by atoms with van der Waals surface area (Å²) in [4.78, 5) is 4.39. The minimum absolute atomic E-state index is 0.0658. The first-order valence-electron chi connectivity index (χ1n) is 6.29. The number of imidazole rings is 1. The molecule has 0 bridgehead atoms. The summed E-state index contributed by atoms with van der Waals surface area (Å²) in [6, 6.07) is 10.8. The molecular weight excluding hydrogens is 279 g/mol. The average molecular weight is 291 g/mol. The van der Waals surface area contributed by atoms with E-state index in [9.17, 15) is 13.2 Å². The van der Waals surface area contributed by atoms with Crippen LogP contribution in [0, 0.1) is 6.92 Å². The average Bonchev–Trinajstić information content (AvgIpc) is 2.74. The van der Waals surface area contributed by atoms with Crippen molar-refractivity contribution in [3.63, 3.8) is 0 Å². The van der Waals surface area contributed by atoms with E-state index in [2.05, 4.69) is 4.98 Å². The molecule has 21 heavy (non-hydrogen) atoms. The Labute approximate surface area is 118 Å². The smallest absolute Gasteiger partial charge is 0.397 e. The highest BCUT2D eigenvalue weighted by Crippen LogP contribution is 2.33. The molecule has 0 radical (unpaired) electrons. The topological polar surface area (TPSA) is 43.8 Å². The third kappa shape index (κ3) is 2.22. The summed E-state index contributed by atoms with van der Waals surface area (Å²) in [6.45, 7) is 1.79. The summed E-state index contributed by atoms with van der Waals surface area (Å²) in [5.41, 5.74) is 7.20. The Morgan fingerprint density at radius 3 is 2.48 bits per heavy atom. The van der Waals surface area contributed by atoms with Crippen molar-refractivity contribution in [1.29, 1.82) is 0 Å². The van der Waals surface area contributed by atoms with Crippen LogP contribution in [-0.4, -0.2) is 9.55 Å². The van der Waals surface area contributed by atoms with Crippen LogP contribution in [0.1, 0.15) is 11.4 Å². The van der Waals surface area contributed by atoms with Gasteiger partial charge in [0, 0.05) is 0 Å². The van der Waals surface area contributed by atoms with Gasteiger partial charge in [-0.2, -0.15) is 13.2 Å². The maximum Gasteiger partial charge on any atom is 0.416 e. The van der Waals surface area contributed by atoms with Crippen molar-refractivity contribution in [2.24, 2.45) is 0 Å². The first-order chi connectivity index (χ1) is 9.88. The van der Waals surface area contributed by atoms with Crippen molar-refractivity contribution in [1.82, 2.24) is 9.55 Å². The van der Waals surface area contributed by atoms with Gasteiger partial charge in [-0.05, 0) is 37.3 Å². The van der Waals surface area contributed by atoms with Crippen molar-refractivity contribution in [2.75, 3.05) is 5.73 Å². The molecule has 0 saturated heterocycles. The lowest BCUT2D eigenvalue weighted by Gasteiger charge is -2.13. The Bertz CT molecular complexity index is 819. The normalized spacial score (nSPS) is 12.0. The number of alkyl halides is 3. The van der Waals surface area contributed by atoms with E-state index in [1.54, 1.807) is 11.5 Å². The molecule has 108 valence electrons. The SMILES string of the molecule is Cc1nc2ccccc2n1-c1ccc(C(F)(F)F)cc1N. The van der Waals surface area contributed by atoms with Gasteiger partial charge in [-0.3, -0.25) is 4.57 Å². The predicted molar refractivity (Wildman–Crippen MR) is 75.2 cm³/mol. The second-order valence-electron chi connectivity index (χ2n) is 4.75. The summed E-state index contributed by atoms with van der Waals surface area (Å²) in [6.07, 6.45) is -4.40. The molecule has 0 aliphatic heterocycles. The van der Waals surface area contributed by atoms with Gasteiger partial charge in [-0.1, -0.05) is 12.1 Å². The number of hydrogen-bond donors (Lipinski definition) is 1. The number of hydrogen-bond acceptors (Lipinski definition) is 2. The van der Waals surface area contributed by atoms with Gasteiger partial charge in [0.1, 0.15) is 5.82 Å². The fraction of sp³-hybridized carbons (Fsp3) is 0.133. The van der Waals surface area contributed by atoms with Crippen LogP contribution in [0.5, 0.6) is 0 Å². The number of rotatable bonds is 1. The van der Waals surface area contributed by atoms with Crippen molar-refractivity contribution in [3.8, 4) is 5.69 Å². The summed E-state index contributed by atoms with van der Waals surface area (Å²) in [5, 5.41) is 0. The van der Waals surface area contributed by atoms with E-state index in [-0.39, 0.29) is 5.69 Å². The molecule has 0 amide bonds. The predicted octanol–water partition coefficient (Wildman–Crippen LogP) is 3.93. The van der Waals surface area contributed by atoms with E-state index in [0.717, 1.165) is 23.2 Å². The van der Waals surface area contributed by atoms with Gasteiger partial charge in [0.25, 0.3) is 0 Å². The highest BCUT2D eigenvalue weighted by Gasteiger charge is 2.31. The maximum absolute atomic E-state index is 12.7. The fourth-order valence-electron chi connectivity index (χ4n) is 2.38. The standard InChI is InChI=1S/C15H12F3N3/c1-9-20-12-4-2-3-5-14(12)21(9)13-7-6-10(8-11(13)19)15(16,17)18/h2-8H,19H2,1H3. The monoisotopic (exact) mass is 291 g/mol. The molecule has 0 saturated carbocycles. The summed E-state index contributed by atoms with van der Waals surface area (Å²) in [7, 11) is 0. The molecule has 3 nitrogen and oxygen atoms in total. The van der Waals surface area contributed by atoms with Crippen LogP contribution in [0.25, 0.3) is 16.7 Å². The van der Waals surface area contributed by atoms with Gasteiger partial charge in [0.2, 0.25) is 0 Å². The highest BCUT2D eigenvalue weighted by atomic mass is 19.4. The van der Waals surface area contributed by atoms with E-state index in [1.807, 2.05) is 24.3 Å². The molecule has 0 atom stereocenters. The van der Waals surface area contributed by atoms with Gasteiger partial charge in [-0.25, -0.2) is 4.98 Å². The molecule has 0 fully saturated rings. The number of benzene rings is 2. The van der Waals surface area contributed by atoms with Crippen LogP contribution >= 0.6 is 0 Å². The molecule has 6 heteroatoms. The van der Waals surface area contributed by atoms with E-state index >= 15 is 0 Å². The molecule has 2 aromatic carbocycles. The number of aromatic nitrogens is 2. The largest absolute Gasteiger partial charge is 0.416 e. The Morgan fingerprint density at radius 2 is 1.81 bits per heavy atom. The van der Waals surface area contributed by atoms with Crippen LogP contribution in [-0.2, 0) is 6.18 Å². The summed E-state index contributed by atoms with van der Waals surface area (Å²) < 4.78 is 39.9. The Kier molecular flexibility index (Phi) is 2.90. The third-order valence-electron chi connectivity index (χ3n) is 3.32. The molecule has 1 aromatic heterocycles. The van der Waals surface area contributed by atoms with E-state index in [4.69, 9.17) is 5.73 Å². The van der Waals surface area contributed by atoms with Crippen LogP contribution in [0.15, 0.2) is 42.5 Å². The number of nitrogen functional groups attached to an aromatic ring is 1. The van der Waals surface area contributed by atoms with E-state index in [0.29, 0.717) is 11.5 Å². The van der Waals surface area contributed by atoms with Gasteiger partial charge in [-0.15, -0.1) is 0 Å². The van der Waals surface area contributed by atoms with Gasteiger partial charge >= 0.3 is 6.18 Å². The zero-order chi connectivity index (χ0) is 15.2. The lowest BCUT2D eigenvalue weighted by molar-refractivity contribution is -0.137. The lowest BCUT2D eigenvalue weighted by atomic mass is 10.1. The van der Waals surface area contributed by atoms with Crippen LogP contribution in [0.2, 0.25) is 0 Å². The quantitative estimate of drug-likeness (QED) is 0.690. The van der Waals surface area contributed by atoms with Crippen LogP contribution in [0.3, 0.4) is 0 Å². The number of fused-ring (bicyclic) bond motifs is 1. The van der Waals surface area contributed by atoms with Gasteiger partial charge in [0.05, 0.1) is 28.0 Å². The minimum Gasteiger partial charge on any atom is -0.397 e. The lowest BCUT2D eigenvalue weighted by Crippen LogP contribution is -2.08. The maximum atomic E-state index is 12.7. The van der Waals surface area contributed by atoms with Crippen molar-refractivity contribution in [2.45, 2.75) is 13.1 Å². The van der Waals surface area contributed by atoms with E-state index < -0.39 is 11.7 Å². The Morgan fingerprint density at radius 1 is 1.10 bits per heavy atom. The minimum atomic E-state index is -4.40. The van der Waals surface area contributed by atoms with Crippen molar-refractivity contribution in [3.05, 3.63) is 53.9 Å². The molecule has 2 N–H and O–H groups in total. The molecule has 3 aromatic rings. The number of anilines is 1. The van der Waals surface area contributed by atoms with Gasteiger partial charge in [0.15, 0.2) is 0 Å². The summed E-state index contributed by atoms with van der Waals surface area (Å²) >= 11 is 0. The zero-order valence-electron chi connectivity index (χ0n) is 11.1. The third-order valence-corrected chi connectivity index (χ3v) is 3.32. The Hall–Kier alpha value is -2.50. The molecule has 1 heterocycles. The number of halogens is 3. The number of nitrogens with zero attached hydrogens (tertiary/aromatic N) is 2. The molecule has 0 aliphatic carbocycles. The number of para-hydroxylation sites is 2. The number of aryl methyl sites for hydroxylation is 1. The van der Waals surface area contributed by atoms with E-state index in [1.165, 1.54) is 6.07 Å². The highest BCUT2D eigenvalue weighted by molar-refractivity contribution is 5.80. The molecular formula is C15H12F3N3. The molecule has 0 spiro atoms. The van der Waals surface area contributed by atoms with Gasteiger partial charge < -0.3 is 5.73 Å². The molecule has 0 unspecified atom stereocenters. The molecule has 3 rings (SSSR count). The first-order valence-corrected chi connectivity index (χ1v) is 6.29. The molecule has 0 aliphatic rings. The number of nitrogens with two attached hydrogens (primary N) is 1. The van der Waals surface area contributed by atoms with Crippen molar-refractivity contribution < 1.29 is 13.2 Å². The Balaban J connectivity index is 2.22. The second-order valence-corrected chi connectivity index (χ2v) is 4.75. The zero-order valence-corrected chi connectivity index (χ0v) is 11.1. The summed E-state index contributed by atoms with van der Waals surface area (Å²) in [5.74, 6) is 0.669. The van der Waals surface area contributed by atoms with Crippen LogP contribution in [0.4, 0.5) is 18.9 Å². The van der Waals surface area contributed by atoms with Crippen molar-refractivity contribution >= 4 is 16.7 Å².